The summed E-state index contributed by atoms with van der Waals surface area (Å²) in [4.78, 5) is 28.3. The van der Waals surface area contributed by atoms with E-state index in [1.54, 1.807) is 6.92 Å². The molecule has 3 rings (SSSR count). The second kappa shape index (κ2) is 7.68. The summed E-state index contributed by atoms with van der Waals surface area (Å²) in [6, 6.07) is 7.74. The van der Waals surface area contributed by atoms with Crippen LogP contribution >= 0.6 is 23.2 Å². The van der Waals surface area contributed by atoms with E-state index in [1.165, 1.54) is 11.8 Å². The van der Waals surface area contributed by atoms with E-state index in [4.69, 9.17) is 27.9 Å². The molecule has 6 nitrogen and oxygen atoms in total. The number of esters is 1. The van der Waals surface area contributed by atoms with Crippen molar-refractivity contribution in [2.75, 3.05) is 18.5 Å². The normalized spacial score (nSPS) is 14.7. The van der Waals surface area contributed by atoms with Crippen LogP contribution in [-0.2, 0) is 21.5 Å². The van der Waals surface area contributed by atoms with E-state index in [1.807, 2.05) is 24.3 Å². The maximum absolute atomic E-state index is 12.6. The summed E-state index contributed by atoms with van der Waals surface area (Å²) in [6.07, 6.45) is 3.39. The summed E-state index contributed by atoms with van der Waals surface area (Å²) in [5.74, 6) is -0.354. The van der Waals surface area contributed by atoms with Gasteiger partial charge in [0.2, 0.25) is 0 Å². The first kappa shape index (κ1) is 18.7. The largest absolute Gasteiger partial charge is 0.465 e. The molecule has 0 radical (unpaired) electrons. The fourth-order valence-electron chi connectivity index (χ4n) is 2.85. The van der Waals surface area contributed by atoms with Gasteiger partial charge in [0, 0.05) is 17.0 Å². The van der Waals surface area contributed by atoms with Crippen molar-refractivity contribution < 1.29 is 9.53 Å². The monoisotopic (exact) mass is 395 g/mol. The molecule has 1 aromatic carbocycles. The molecule has 1 saturated carbocycles. The molecule has 0 amide bonds. The summed E-state index contributed by atoms with van der Waals surface area (Å²) >= 11 is 12.0. The number of carbonyl (C=O) groups excluding carboxylic acids is 1. The van der Waals surface area contributed by atoms with Crippen molar-refractivity contribution in [3.63, 3.8) is 0 Å². The van der Waals surface area contributed by atoms with E-state index >= 15 is 0 Å². The summed E-state index contributed by atoms with van der Waals surface area (Å²) < 4.78 is 6.03. The first-order valence-corrected chi connectivity index (χ1v) is 9.12. The Labute approximate surface area is 161 Å². The smallest absolute Gasteiger partial charge is 0.326 e. The number of ether oxygens (including phenoxy) is 1. The van der Waals surface area contributed by atoms with Crippen molar-refractivity contribution in [2.24, 2.45) is 0 Å². The Morgan fingerprint density at radius 3 is 2.62 bits per heavy atom. The van der Waals surface area contributed by atoms with Gasteiger partial charge in [0.1, 0.15) is 11.7 Å². The minimum Gasteiger partial charge on any atom is -0.465 e. The van der Waals surface area contributed by atoms with Crippen LogP contribution in [0.2, 0.25) is 10.2 Å². The van der Waals surface area contributed by atoms with Crippen LogP contribution in [0.4, 0.5) is 5.82 Å². The number of halogens is 2. The van der Waals surface area contributed by atoms with Gasteiger partial charge in [-0.3, -0.25) is 14.2 Å². The zero-order valence-corrected chi connectivity index (χ0v) is 15.8. The van der Waals surface area contributed by atoms with Crippen molar-refractivity contribution in [2.45, 2.75) is 31.7 Å². The summed E-state index contributed by atoms with van der Waals surface area (Å²) in [7, 11) is 0. The van der Waals surface area contributed by atoms with E-state index in [0.29, 0.717) is 11.6 Å². The van der Waals surface area contributed by atoms with Crippen molar-refractivity contribution in [3.8, 4) is 0 Å². The van der Waals surface area contributed by atoms with E-state index < -0.39 is 11.5 Å². The second-order valence-corrected chi connectivity index (χ2v) is 7.09. The SMILES string of the molecule is CCOC(=O)Cn1c(Cl)cnc(NCC2(c3ccc(Cl)cc3)CC2)c1=O. The number of hydrogen-bond acceptors (Lipinski definition) is 5. The molecule has 0 atom stereocenters. The van der Waals surface area contributed by atoms with Gasteiger partial charge in [-0.25, -0.2) is 4.98 Å². The molecule has 0 unspecified atom stereocenters. The highest BCUT2D eigenvalue weighted by Crippen LogP contribution is 2.48. The fraction of sp³-hybridized carbons (Fsp3) is 0.389. The first-order chi connectivity index (χ1) is 12.4. The molecular weight excluding hydrogens is 377 g/mol. The third-order valence-electron chi connectivity index (χ3n) is 4.50. The molecule has 0 aliphatic heterocycles. The van der Waals surface area contributed by atoms with Gasteiger partial charge in [-0.05, 0) is 37.5 Å². The molecule has 1 aliphatic carbocycles. The minimum absolute atomic E-state index is 0.0235. The minimum atomic E-state index is -0.520. The van der Waals surface area contributed by atoms with Crippen LogP contribution in [-0.4, -0.2) is 28.7 Å². The lowest BCUT2D eigenvalue weighted by Crippen LogP contribution is -2.31. The predicted octanol–water partition coefficient (Wildman–Crippen LogP) is 3.26. The number of hydrogen-bond donors (Lipinski definition) is 1. The summed E-state index contributed by atoms with van der Waals surface area (Å²) in [5, 5.41) is 3.90. The number of nitrogens with zero attached hydrogens (tertiary/aromatic N) is 2. The molecule has 1 aliphatic rings. The van der Waals surface area contributed by atoms with Crippen molar-refractivity contribution >= 4 is 35.0 Å². The Balaban J connectivity index is 1.75. The lowest BCUT2D eigenvalue weighted by Gasteiger charge is -2.17. The lowest BCUT2D eigenvalue weighted by atomic mass is 9.96. The third kappa shape index (κ3) is 4.02. The highest BCUT2D eigenvalue weighted by Gasteiger charge is 2.44. The van der Waals surface area contributed by atoms with Crippen LogP contribution in [0.25, 0.3) is 0 Å². The van der Waals surface area contributed by atoms with Crippen LogP contribution in [0.3, 0.4) is 0 Å². The lowest BCUT2D eigenvalue weighted by molar-refractivity contribution is -0.143. The summed E-state index contributed by atoms with van der Waals surface area (Å²) in [6.45, 7) is 2.27. The Morgan fingerprint density at radius 1 is 1.31 bits per heavy atom. The Morgan fingerprint density at radius 2 is 2.00 bits per heavy atom. The van der Waals surface area contributed by atoms with Crippen molar-refractivity contribution in [1.29, 1.82) is 0 Å². The highest BCUT2D eigenvalue weighted by molar-refractivity contribution is 6.30. The molecule has 1 heterocycles. The zero-order chi connectivity index (χ0) is 18.7. The number of benzene rings is 1. The van der Waals surface area contributed by atoms with Crippen LogP contribution in [0, 0.1) is 0 Å². The molecule has 0 spiro atoms. The van der Waals surface area contributed by atoms with Crippen LogP contribution < -0.4 is 10.9 Å². The van der Waals surface area contributed by atoms with Crippen molar-refractivity contribution in [1.82, 2.24) is 9.55 Å². The molecule has 2 aromatic rings. The number of nitrogens with one attached hydrogen (secondary N) is 1. The van der Waals surface area contributed by atoms with Gasteiger partial charge in [-0.2, -0.15) is 0 Å². The van der Waals surface area contributed by atoms with Crippen molar-refractivity contribution in [3.05, 3.63) is 56.6 Å². The quantitative estimate of drug-likeness (QED) is 0.728. The van der Waals surface area contributed by atoms with Crippen LogP contribution in [0.5, 0.6) is 0 Å². The molecule has 8 heteroatoms. The average molecular weight is 396 g/mol. The second-order valence-electron chi connectivity index (χ2n) is 6.27. The molecule has 0 bridgehead atoms. The molecular formula is C18H19Cl2N3O3. The van der Waals surface area contributed by atoms with Crippen LogP contribution in [0.15, 0.2) is 35.3 Å². The molecule has 138 valence electrons. The predicted molar refractivity (Wildman–Crippen MR) is 101 cm³/mol. The summed E-state index contributed by atoms with van der Waals surface area (Å²) in [5.41, 5.74) is 0.706. The molecule has 1 N–H and O–H groups in total. The average Bonchev–Trinajstić information content (AvgIpc) is 3.40. The Kier molecular flexibility index (Phi) is 5.53. The van der Waals surface area contributed by atoms with Gasteiger partial charge in [0.15, 0.2) is 5.82 Å². The van der Waals surface area contributed by atoms with Gasteiger partial charge >= 0.3 is 5.97 Å². The highest BCUT2D eigenvalue weighted by atomic mass is 35.5. The van der Waals surface area contributed by atoms with Gasteiger partial charge in [-0.1, -0.05) is 35.3 Å². The van der Waals surface area contributed by atoms with Gasteiger partial charge in [0.25, 0.3) is 5.56 Å². The number of aromatic nitrogens is 2. The van der Waals surface area contributed by atoms with E-state index in [-0.39, 0.29) is 29.5 Å². The maximum atomic E-state index is 12.6. The van der Waals surface area contributed by atoms with Gasteiger partial charge in [-0.15, -0.1) is 0 Å². The molecule has 26 heavy (non-hydrogen) atoms. The molecule has 1 aromatic heterocycles. The van der Waals surface area contributed by atoms with E-state index in [2.05, 4.69) is 10.3 Å². The number of anilines is 1. The van der Waals surface area contributed by atoms with E-state index in [0.717, 1.165) is 17.4 Å². The topological polar surface area (TPSA) is 73.2 Å². The van der Waals surface area contributed by atoms with Gasteiger partial charge in [0.05, 0.1) is 12.8 Å². The fourth-order valence-corrected chi connectivity index (χ4v) is 3.16. The van der Waals surface area contributed by atoms with Gasteiger partial charge < -0.3 is 10.1 Å². The van der Waals surface area contributed by atoms with Crippen LogP contribution in [0.1, 0.15) is 25.3 Å². The zero-order valence-electron chi connectivity index (χ0n) is 14.3. The molecule has 1 fully saturated rings. The first-order valence-electron chi connectivity index (χ1n) is 8.36. The Hall–Kier alpha value is -2.05. The Bertz CT molecular complexity index is 861. The number of carbonyl (C=O) groups is 1. The maximum Gasteiger partial charge on any atom is 0.326 e. The standard InChI is InChI=1S/C18H19Cl2N3O3/c1-2-26-15(24)10-23-14(20)9-21-16(17(23)25)22-11-18(7-8-18)12-3-5-13(19)6-4-12/h3-6,9H,2,7-8,10-11H2,1H3,(H,21,22). The third-order valence-corrected chi connectivity index (χ3v) is 5.06. The van der Waals surface area contributed by atoms with E-state index in [9.17, 15) is 9.59 Å². The molecule has 0 saturated heterocycles. The number of rotatable bonds is 7.